The van der Waals surface area contributed by atoms with E-state index in [9.17, 15) is 4.79 Å². The first kappa shape index (κ1) is 20.3. The molecule has 0 fully saturated rings. The number of benzene rings is 2. The molecule has 3 N–H and O–H groups in total. The van der Waals surface area contributed by atoms with Crippen LogP contribution < -0.4 is 16.0 Å². The summed E-state index contributed by atoms with van der Waals surface area (Å²) in [5.41, 5.74) is 3.82. The zero-order valence-corrected chi connectivity index (χ0v) is 16.9. The quantitative estimate of drug-likeness (QED) is 0.484. The Labute approximate surface area is 171 Å². The van der Waals surface area contributed by atoms with Gasteiger partial charge in [0.05, 0.1) is 0 Å². The van der Waals surface area contributed by atoms with Gasteiger partial charge in [-0.05, 0) is 56.5 Å². The molecule has 0 unspecified atom stereocenters. The monoisotopic (exact) mass is 389 g/mol. The molecule has 150 valence electrons. The molecule has 0 aliphatic rings. The average molecular weight is 390 g/mol. The Morgan fingerprint density at radius 3 is 2.41 bits per heavy atom. The summed E-state index contributed by atoms with van der Waals surface area (Å²) < 4.78 is 0. The third-order valence-electron chi connectivity index (χ3n) is 4.34. The van der Waals surface area contributed by atoms with Crippen LogP contribution in [0.15, 0.2) is 60.7 Å². The highest BCUT2D eigenvalue weighted by Crippen LogP contribution is 2.19. The maximum Gasteiger partial charge on any atom is 0.224 e. The molecule has 3 aromatic rings. The van der Waals surface area contributed by atoms with Gasteiger partial charge in [0.1, 0.15) is 5.82 Å². The summed E-state index contributed by atoms with van der Waals surface area (Å²) in [6, 6.07) is 19.7. The van der Waals surface area contributed by atoms with E-state index in [1.807, 2.05) is 62.4 Å². The molecule has 0 aliphatic heterocycles. The maximum absolute atomic E-state index is 12.2. The van der Waals surface area contributed by atoms with E-state index in [0.717, 1.165) is 42.3 Å². The Morgan fingerprint density at radius 1 is 0.966 bits per heavy atom. The van der Waals surface area contributed by atoms with Crippen molar-refractivity contribution in [2.24, 2.45) is 0 Å². The number of carbonyl (C=O) groups excluding carboxylic acids is 1. The summed E-state index contributed by atoms with van der Waals surface area (Å²) in [5, 5.41) is 9.35. The third-order valence-corrected chi connectivity index (χ3v) is 4.34. The van der Waals surface area contributed by atoms with Crippen LogP contribution >= 0.6 is 0 Å². The van der Waals surface area contributed by atoms with Crippen molar-refractivity contribution in [3.05, 3.63) is 71.9 Å². The topological polar surface area (TPSA) is 78.9 Å². The SMILES string of the molecule is CCNc1nc(C)cc(Nc2ccc(NC(=O)CCCc3ccccc3)cc2)n1. The highest BCUT2D eigenvalue weighted by Gasteiger charge is 2.05. The molecule has 1 aromatic heterocycles. The number of anilines is 4. The third kappa shape index (κ3) is 6.60. The highest BCUT2D eigenvalue weighted by molar-refractivity contribution is 5.90. The van der Waals surface area contributed by atoms with Gasteiger partial charge in [-0.25, -0.2) is 4.98 Å². The number of carbonyl (C=O) groups is 1. The molecular weight excluding hydrogens is 362 g/mol. The molecule has 1 heterocycles. The van der Waals surface area contributed by atoms with Gasteiger partial charge in [-0.3, -0.25) is 4.79 Å². The lowest BCUT2D eigenvalue weighted by atomic mass is 10.1. The molecule has 0 radical (unpaired) electrons. The van der Waals surface area contributed by atoms with Gasteiger partial charge in [-0.1, -0.05) is 30.3 Å². The Bertz CT molecular complexity index is 926. The number of nitrogens with zero attached hydrogens (tertiary/aromatic N) is 2. The van der Waals surface area contributed by atoms with Gasteiger partial charge in [-0.2, -0.15) is 4.98 Å². The molecule has 6 nitrogen and oxygen atoms in total. The van der Waals surface area contributed by atoms with E-state index >= 15 is 0 Å². The van der Waals surface area contributed by atoms with Crippen molar-refractivity contribution in [3.63, 3.8) is 0 Å². The Kier molecular flexibility index (Phi) is 7.16. The number of aromatic nitrogens is 2. The highest BCUT2D eigenvalue weighted by atomic mass is 16.1. The number of hydrogen-bond acceptors (Lipinski definition) is 5. The van der Waals surface area contributed by atoms with E-state index in [1.54, 1.807) is 0 Å². The van der Waals surface area contributed by atoms with Gasteiger partial charge in [0.2, 0.25) is 11.9 Å². The molecule has 0 atom stereocenters. The zero-order valence-electron chi connectivity index (χ0n) is 16.9. The van der Waals surface area contributed by atoms with Gasteiger partial charge >= 0.3 is 0 Å². The lowest BCUT2D eigenvalue weighted by Crippen LogP contribution is -2.11. The Balaban J connectivity index is 1.50. The predicted octanol–water partition coefficient (Wildman–Crippen LogP) is 4.92. The minimum absolute atomic E-state index is 0.0309. The molecule has 0 aliphatic carbocycles. The van der Waals surface area contributed by atoms with E-state index in [0.29, 0.717) is 12.4 Å². The van der Waals surface area contributed by atoms with E-state index in [4.69, 9.17) is 0 Å². The van der Waals surface area contributed by atoms with Crippen LogP contribution in [0.4, 0.5) is 23.1 Å². The van der Waals surface area contributed by atoms with Gasteiger partial charge in [0.25, 0.3) is 0 Å². The molecule has 29 heavy (non-hydrogen) atoms. The van der Waals surface area contributed by atoms with Crippen LogP contribution in [0.2, 0.25) is 0 Å². The van der Waals surface area contributed by atoms with Crippen molar-refractivity contribution in [2.75, 3.05) is 22.5 Å². The molecule has 0 spiro atoms. The largest absolute Gasteiger partial charge is 0.354 e. The fourth-order valence-corrected chi connectivity index (χ4v) is 2.98. The number of rotatable bonds is 9. The summed E-state index contributed by atoms with van der Waals surface area (Å²) in [4.78, 5) is 21.0. The second-order valence-electron chi connectivity index (χ2n) is 6.84. The second-order valence-corrected chi connectivity index (χ2v) is 6.84. The second kappa shape index (κ2) is 10.2. The minimum Gasteiger partial charge on any atom is -0.354 e. The summed E-state index contributed by atoms with van der Waals surface area (Å²) in [7, 11) is 0. The van der Waals surface area contributed by atoms with E-state index in [-0.39, 0.29) is 5.91 Å². The van der Waals surface area contributed by atoms with Crippen LogP contribution in [0.25, 0.3) is 0 Å². The van der Waals surface area contributed by atoms with Gasteiger partial charge in [0, 0.05) is 36.1 Å². The Hall–Kier alpha value is -3.41. The van der Waals surface area contributed by atoms with Crippen LogP contribution in [-0.4, -0.2) is 22.4 Å². The van der Waals surface area contributed by atoms with Crippen molar-refractivity contribution in [1.29, 1.82) is 0 Å². The molecular formula is C23H27N5O. The number of hydrogen-bond donors (Lipinski definition) is 3. The van der Waals surface area contributed by atoms with Crippen LogP contribution in [0.1, 0.15) is 31.0 Å². The predicted molar refractivity (Wildman–Crippen MR) is 119 cm³/mol. The van der Waals surface area contributed by atoms with Crippen molar-refractivity contribution >= 4 is 29.0 Å². The van der Waals surface area contributed by atoms with E-state index in [1.165, 1.54) is 5.56 Å². The van der Waals surface area contributed by atoms with Gasteiger partial charge in [0.15, 0.2) is 0 Å². The summed E-state index contributed by atoms with van der Waals surface area (Å²) in [6.07, 6.45) is 2.24. The maximum atomic E-state index is 12.2. The van der Waals surface area contributed by atoms with E-state index < -0.39 is 0 Å². The standard InChI is InChI=1S/C23H27N5O/c1-3-24-23-25-17(2)16-21(28-23)26-19-12-14-20(15-13-19)27-22(29)11-7-10-18-8-5-4-6-9-18/h4-6,8-9,12-16H,3,7,10-11H2,1-2H3,(H,27,29)(H2,24,25,26,28). The first-order valence-electron chi connectivity index (χ1n) is 9.93. The van der Waals surface area contributed by atoms with Crippen LogP contribution in [-0.2, 0) is 11.2 Å². The first-order chi connectivity index (χ1) is 14.1. The minimum atomic E-state index is 0.0309. The molecule has 2 aromatic carbocycles. The average Bonchev–Trinajstić information content (AvgIpc) is 2.70. The van der Waals surface area contributed by atoms with Gasteiger partial charge < -0.3 is 16.0 Å². The van der Waals surface area contributed by atoms with E-state index in [2.05, 4.69) is 38.1 Å². The summed E-state index contributed by atoms with van der Waals surface area (Å²) in [5.74, 6) is 1.36. The smallest absolute Gasteiger partial charge is 0.224 e. The summed E-state index contributed by atoms with van der Waals surface area (Å²) in [6.45, 7) is 4.71. The molecule has 1 amide bonds. The number of aryl methyl sites for hydroxylation is 2. The van der Waals surface area contributed by atoms with Crippen molar-refractivity contribution < 1.29 is 4.79 Å². The van der Waals surface area contributed by atoms with Crippen LogP contribution in [0.5, 0.6) is 0 Å². The van der Waals surface area contributed by atoms with Crippen molar-refractivity contribution in [2.45, 2.75) is 33.1 Å². The van der Waals surface area contributed by atoms with Crippen LogP contribution in [0.3, 0.4) is 0 Å². The van der Waals surface area contributed by atoms with Crippen LogP contribution in [0, 0.1) is 6.92 Å². The lowest BCUT2D eigenvalue weighted by Gasteiger charge is -2.10. The molecule has 6 heteroatoms. The molecule has 3 rings (SSSR count). The fourth-order valence-electron chi connectivity index (χ4n) is 2.98. The summed E-state index contributed by atoms with van der Waals surface area (Å²) >= 11 is 0. The van der Waals surface area contributed by atoms with Crippen molar-refractivity contribution in [3.8, 4) is 0 Å². The number of amides is 1. The van der Waals surface area contributed by atoms with Crippen molar-refractivity contribution in [1.82, 2.24) is 9.97 Å². The van der Waals surface area contributed by atoms with Gasteiger partial charge in [-0.15, -0.1) is 0 Å². The molecule has 0 saturated carbocycles. The molecule has 0 saturated heterocycles. The lowest BCUT2D eigenvalue weighted by molar-refractivity contribution is -0.116. The molecule has 0 bridgehead atoms. The fraction of sp³-hybridized carbons (Fsp3) is 0.261. The zero-order chi connectivity index (χ0) is 20.5. The normalized spacial score (nSPS) is 10.4. The Morgan fingerprint density at radius 2 is 1.69 bits per heavy atom. The number of nitrogens with one attached hydrogen (secondary N) is 3. The first-order valence-corrected chi connectivity index (χ1v) is 9.93.